The van der Waals surface area contributed by atoms with Crippen LogP contribution in [0.5, 0.6) is 0 Å². The molecule has 0 bridgehead atoms. The fraction of sp³-hybridized carbons (Fsp3) is 0.429. The van der Waals surface area contributed by atoms with Gasteiger partial charge in [-0.15, -0.1) is 0 Å². The van der Waals surface area contributed by atoms with Gasteiger partial charge < -0.3 is 10.2 Å². The van der Waals surface area contributed by atoms with Gasteiger partial charge in [0.25, 0.3) is 0 Å². The number of fused-ring (bicyclic) bond motifs is 1. The van der Waals surface area contributed by atoms with E-state index in [0.29, 0.717) is 0 Å². The zero-order chi connectivity index (χ0) is 12.2. The van der Waals surface area contributed by atoms with E-state index in [9.17, 15) is 0 Å². The van der Waals surface area contributed by atoms with E-state index in [1.807, 2.05) is 30.5 Å². The van der Waals surface area contributed by atoms with Gasteiger partial charge in [-0.2, -0.15) is 0 Å². The van der Waals surface area contributed by atoms with Gasteiger partial charge in [-0.3, -0.25) is 0 Å². The second-order valence-electron chi connectivity index (χ2n) is 4.73. The second kappa shape index (κ2) is 5.31. The van der Waals surface area contributed by atoms with Gasteiger partial charge in [0.1, 0.15) is 0 Å². The molecular weight excluding hydrogens is 224 g/mol. The number of para-hydroxylation sites is 1. The van der Waals surface area contributed by atoms with Gasteiger partial charge in [-0.05, 0) is 32.0 Å². The standard InChI is InChI=1S/C14H18N4/c1-2-6-13-12(5-1)11-16-14(17-13)15-7-10-18-8-3-4-9-18/h1-2,5-6,11H,3-4,7-10H2,(H,15,16,17). The number of anilines is 1. The van der Waals surface area contributed by atoms with E-state index in [-0.39, 0.29) is 0 Å². The quantitative estimate of drug-likeness (QED) is 0.891. The summed E-state index contributed by atoms with van der Waals surface area (Å²) in [6.07, 6.45) is 4.56. The molecule has 0 radical (unpaired) electrons. The molecule has 18 heavy (non-hydrogen) atoms. The first-order valence-corrected chi connectivity index (χ1v) is 6.60. The van der Waals surface area contributed by atoms with Crippen molar-refractivity contribution in [2.75, 3.05) is 31.5 Å². The monoisotopic (exact) mass is 242 g/mol. The van der Waals surface area contributed by atoms with Crippen LogP contribution in [-0.4, -0.2) is 41.0 Å². The lowest BCUT2D eigenvalue weighted by atomic mass is 10.2. The summed E-state index contributed by atoms with van der Waals surface area (Å²) in [7, 11) is 0. The molecule has 2 aromatic rings. The number of likely N-dealkylation sites (tertiary alicyclic amines) is 1. The van der Waals surface area contributed by atoms with Crippen molar-refractivity contribution < 1.29 is 0 Å². The summed E-state index contributed by atoms with van der Waals surface area (Å²) in [5.74, 6) is 0.730. The van der Waals surface area contributed by atoms with Crippen molar-refractivity contribution >= 4 is 16.9 Å². The van der Waals surface area contributed by atoms with Gasteiger partial charge in [0.2, 0.25) is 5.95 Å². The molecule has 0 atom stereocenters. The Bertz CT molecular complexity index is 520. The van der Waals surface area contributed by atoms with E-state index in [0.717, 1.165) is 29.9 Å². The van der Waals surface area contributed by atoms with Gasteiger partial charge >= 0.3 is 0 Å². The Morgan fingerprint density at radius 3 is 2.89 bits per heavy atom. The van der Waals surface area contributed by atoms with Crippen LogP contribution in [0, 0.1) is 0 Å². The molecule has 4 heteroatoms. The third kappa shape index (κ3) is 2.59. The van der Waals surface area contributed by atoms with E-state index in [1.54, 1.807) is 0 Å². The van der Waals surface area contributed by atoms with Crippen LogP contribution in [0.2, 0.25) is 0 Å². The molecule has 3 rings (SSSR count). The lowest BCUT2D eigenvalue weighted by Crippen LogP contribution is -2.26. The average molecular weight is 242 g/mol. The number of nitrogens with one attached hydrogen (secondary N) is 1. The average Bonchev–Trinajstić information content (AvgIpc) is 2.92. The molecule has 4 nitrogen and oxygen atoms in total. The molecule has 1 aromatic carbocycles. The number of benzene rings is 1. The van der Waals surface area contributed by atoms with Crippen molar-refractivity contribution in [1.29, 1.82) is 0 Å². The van der Waals surface area contributed by atoms with E-state index in [4.69, 9.17) is 0 Å². The van der Waals surface area contributed by atoms with Gasteiger partial charge in [0.05, 0.1) is 5.52 Å². The molecule has 1 N–H and O–H groups in total. The minimum absolute atomic E-state index is 0.730. The molecule has 0 unspecified atom stereocenters. The molecule has 0 spiro atoms. The molecule has 2 heterocycles. The Balaban J connectivity index is 1.60. The normalized spacial score (nSPS) is 16.2. The first-order valence-electron chi connectivity index (χ1n) is 6.60. The van der Waals surface area contributed by atoms with Crippen molar-refractivity contribution in [2.24, 2.45) is 0 Å². The topological polar surface area (TPSA) is 41.1 Å². The summed E-state index contributed by atoms with van der Waals surface area (Å²) in [4.78, 5) is 11.3. The van der Waals surface area contributed by atoms with Crippen LogP contribution in [0.3, 0.4) is 0 Å². The predicted octanol–water partition coefficient (Wildman–Crippen LogP) is 2.14. The lowest BCUT2D eigenvalue weighted by molar-refractivity contribution is 0.352. The largest absolute Gasteiger partial charge is 0.353 e. The Hall–Kier alpha value is -1.68. The molecule has 1 saturated heterocycles. The first-order chi connectivity index (χ1) is 8.92. The molecular formula is C14H18N4. The molecule has 1 aliphatic rings. The number of aromatic nitrogens is 2. The van der Waals surface area contributed by atoms with Crippen molar-refractivity contribution in [3.63, 3.8) is 0 Å². The van der Waals surface area contributed by atoms with Gasteiger partial charge in [0.15, 0.2) is 0 Å². The van der Waals surface area contributed by atoms with E-state index < -0.39 is 0 Å². The molecule has 1 aromatic heterocycles. The number of nitrogens with zero attached hydrogens (tertiary/aromatic N) is 3. The SMILES string of the molecule is c1ccc2nc(NCCN3CCCC3)ncc2c1. The van der Waals surface area contributed by atoms with Crippen LogP contribution in [0.1, 0.15) is 12.8 Å². The summed E-state index contributed by atoms with van der Waals surface area (Å²) in [5, 5.41) is 4.39. The highest BCUT2D eigenvalue weighted by Crippen LogP contribution is 2.11. The molecule has 1 aliphatic heterocycles. The maximum atomic E-state index is 4.50. The maximum Gasteiger partial charge on any atom is 0.223 e. The zero-order valence-corrected chi connectivity index (χ0v) is 10.5. The highest BCUT2D eigenvalue weighted by molar-refractivity contribution is 5.78. The van der Waals surface area contributed by atoms with Crippen LogP contribution in [0.25, 0.3) is 10.9 Å². The van der Waals surface area contributed by atoms with Gasteiger partial charge in [0, 0.05) is 24.7 Å². The Morgan fingerprint density at radius 2 is 2.00 bits per heavy atom. The number of rotatable bonds is 4. The smallest absolute Gasteiger partial charge is 0.223 e. The van der Waals surface area contributed by atoms with Gasteiger partial charge in [-0.1, -0.05) is 18.2 Å². The predicted molar refractivity (Wildman–Crippen MR) is 73.7 cm³/mol. The zero-order valence-electron chi connectivity index (χ0n) is 10.5. The summed E-state index contributed by atoms with van der Waals surface area (Å²) in [5.41, 5.74) is 0.996. The number of hydrogen-bond acceptors (Lipinski definition) is 4. The summed E-state index contributed by atoms with van der Waals surface area (Å²) < 4.78 is 0. The molecule has 94 valence electrons. The molecule has 1 fully saturated rings. The fourth-order valence-corrected chi connectivity index (χ4v) is 2.39. The first kappa shape index (κ1) is 11.4. The minimum atomic E-state index is 0.730. The maximum absolute atomic E-state index is 4.50. The number of hydrogen-bond donors (Lipinski definition) is 1. The van der Waals surface area contributed by atoms with E-state index in [2.05, 4.69) is 20.2 Å². The van der Waals surface area contributed by atoms with E-state index >= 15 is 0 Å². The lowest BCUT2D eigenvalue weighted by Gasteiger charge is -2.14. The highest BCUT2D eigenvalue weighted by Gasteiger charge is 2.10. The highest BCUT2D eigenvalue weighted by atomic mass is 15.2. The third-order valence-corrected chi connectivity index (χ3v) is 3.40. The molecule has 0 aliphatic carbocycles. The van der Waals surface area contributed by atoms with Crippen molar-refractivity contribution in [3.05, 3.63) is 30.5 Å². The third-order valence-electron chi connectivity index (χ3n) is 3.40. The summed E-state index contributed by atoms with van der Waals surface area (Å²) >= 11 is 0. The fourth-order valence-electron chi connectivity index (χ4n) is 2.39. The Morgan fingerprint density at radius 1 is 1.17 bits per heavy atom. The van der Waals surface area contributed by atoms with Gasteiger partial charge in [-0.25, -0.2) is 9.97 Å². The van der Waals surface area contributed by atoms with Crippen molar-refractivity contribution in [1.82, 2.24) is 14.9 Å². The van der Waals surface area contributed by atoms with Crippen LogP contribution >= 0.6 is 0 Å². The minimum Gasteiger partial charge on any atom is -0.353 e. The Labute approximate surface area is 107 Å². The summed E-state index contributed by atoms with van der Waals surface area (Å²) in [6, 6.07) is 8.06. The summed E-state index contributed by atoms with van der Waals surface area (Å²) in [6.45, 7) is 4.47. The Kier molecular flexibility index (Phi) is 3.37. The van der Waals surface area contributed by atoms with Crippen LogP contribution in [-0.2, 0) is 0 Å². The van der Waals surface area contributed by atoms with Crippen LogP contribution in [0.4, 0.5) is 5.95 Å². The van der Waals surface area contributed by atoms with E-state index in [1.165, 1.54) is 25.9 Å². The van der Waals surface area contributed by atoms with Crippen molar-refractivity contribution in [2.45, 2.75) is 12.8 Å². The van der Waals surface area contributed by atoms with Crippen LogP contribution in [0.15, 0.2) is 30.5 Å². The second-order valence-corrected chi connectivity index (χ2v) is 4.73. The van der Waals surface area contributed by atoms with Crippen LogP contribution < -0.4 is 5.32 Å². The molecule has 0 saturated carbocycles. The van der Waals surface area contributed by atoms with Crippen molar-refractivity contribution in [3.8, 4) is 0 Å². The molecule has 0 amide bonds.